The van der Waals surface area contributed by atoms with Gasteiger partial charge >= 0.3 is 11.8 Å². The Hall–Kier alpha value is -3.35. The minimum absolute atomic E-state index is 0.387. The van der Waals surface area contributed by atoms with Crippen molar-refractivity contribution in [3.8, 4) is 5.75 Å². The lowest BCUT2D eigenvalue weighted by atomic mass is 10.2. The number of halogens is 2. The van der Waals surface area contributed by atoms with Crippen molar-refractivity contribution in [2.45, 2.75) is 6.61 Å². The van der Waals surface area contributed by atoms with Gasteiger partial charge in [0.05, 0.1) is 6.21 Å². The molecule has 0 fully saturated rings. The normalized spacial score (nSPS) is 10.6. The summed E-state index contributed by atoms with van der Waals surface area (Å²) in [5.74, 6) is -1.12. The van der Waals surface area contributed by atoms with E-state index in [1.165, 1.54) is 12.3 Å². The van der Waals surface area contributed by atoms with Gasteiger partial charge in [-0.05, 0) is 53.6 Å². The van der Waals surface area contributed by atoms with Crippen molar-refractivity contribution in [3.05, 3.63) is 94.0 Å². The van der Waals surface area contributed by atoms with Gasteiger partial charge in [0, 0.05) is 15.7 Å². The van der Waals surface area contributed by atoms with Crippen LogP contribution in [0.3, 0.4) is 0 Å². The maximum Gasteiger partial charge on any atom is 0.329 e. The molecular weight excluding hydrogens is 425 g/mol. The molecule has 0 saturated carbocycles. The molecule has 152 valence electrons. The maximum atomic E-state index is 11.9. The van der Waals surface area contributed by atoms with E-state index in [0.717, 1.165) is 5.56 Å². The number of ether oxygens (including phenoxy) is 1. The number of carbonyl (C=O) groups excluding carboxylic acids is 2. The van der Waals surface area contributed by atoms with Crippen LogP contribution in [-0.4, -0.2) is 18.0 Å². The van der Waals surface area contributed by atoms with Crippen LogP contribution in [0.2, 0.25) is 10.0 Å². The highest BCUT2D eigenvalue weighted by Gasteiger charge is 2.12. The van der Waals surface area contributed by atoms with Crippen LogP contribution in [-0.2, 0) is 16.2 Å². The fraction of sp³-hybridized carbons (Fsp3) is 0.0455. The highest BCUT2D eigenvalue weighted by molar-refractivity contribution is 6.39. The summed E-state index contributed by atoms with van der Waals surface area (Å²) in [6.07, 6.45) is 1.42. The third kappa shape index (κ3) is 6.62. The molecule has 0 atom stereocenters. The van der Waals surface area contributed by atoms with Crippen LogP contribution in [0, 0.1) is 0 Å². The predicted molar refractivity (Wildman–Crippen MR) is 118 cm³/mol. The number of amides is 2. The summed E-state index contributed by atoms with van der Waals surface area (Å²) in [5, 5.41) is 7.36. The molecule has 3 aromatic rings. The first kappa shape index (κ1) is 21.4. The summed E-state index contributed by atoms with van der Waals surface area (Å²) in [6, 6.07) is 21.0. The lowest BCUT2D eigenvalue weighted by Crippen LogP contribution is -2.32. The smallest absolute Gasteiger partial charge is 0.329 e. The van der Waals surface area contributed by atoms with Crippen LogP contribution in [0.25, 0.3) is 0 Å². The fourth-order valence-electron chi connectivity index (χ4n) is 2.40. The van der Waals surface area contributed by atoms with Gasteiger partial charge in [0.2, 0.25) is 0 Å². The Morgan fingerprint density at radius 3 is 2.43 bits per heavy atom. The van der Waals surface area contributed by atoms with Gasteiger partial charge in [-0.2, -0.15) is 5.10 Å². The van der Waals surface area contributed by atoms with Crippen LogP contribution in [0.1, 0.15) is 11.1 Å². The lowest BCUT2D eigenvalue weighted by Gasteiger charge is -2.07. The second-order valence-electron chi connectivity index (χ2n) is 6.15. The van der Waals surface area contributed by atoms with Crippen molar-refractivity contribution in [3.63, 3.8) is 0 Å². The van der Waals surface area contributed by atoms with E-state index in [4.69, 9.17) is 27.9 Å². The number of nitrogens with zero attached hydrogens (tertiary/aromatic N) is 1. The lowest BCUT2D eigenvalue weighted by molar-refractivity contribution is -0.136. The third-order valence-electron chi connectivity index (χ3n) is 3.85. The van der Waals surface area contributed by atoms with Crippen molar-refractivity contribution in [2.24, 2.45) is 5.10 Å². The van der Waals surface area contributed by atoms with E-state index in [0.29, 0.717) is 33.7 Å². The molecule has 0 saturated heterocycles. The Kier molecular flexibility index (Phi) is 7.43. The number of hydrogen-bond donors (Lipinski definition) is 2. The Labute approximate surface area is 183 Å². The monoisotopic (exact) mass is 441 g/mol. The van der Waals surface area contributed by atoms with Crippen molar-refractivity contribution in [1.82, 2.24) is 5.43 Å². The molecule has 0 bridgehead atoms. The molecule has 0 aromatic heterocycles. The van der Waals surface area contributed by atoms with E-state index in [-0.39, 0.29) is 0 Å². The van der Waals surface area contributed by atoms with Crippen molar-refractivity contribution in [2.75, 3.05) is 5.32 Å². The van der Waals surface area contributed by atoms with Gasteiger partial charge in [-0.3, -0.25) is 9.59 Å². The zero-order valence-corrected chi connectivity index (χ0v) is 17.2. The molecule has 0 aliphatic heterocycles. The molecule has 3 aromatic carbocycles. The summed E-state index contributed by atoms with van der Waals surface area (Å²) in [5.41, 5.74) is 4.27. The number of carbonyl (C=O) groups is 2. The van der Waals surface area contributed by atoms with Crippen molar-refractivity contribution in [1.29, 1.82) is 0 Å². The molecule has 0 aliphatic carbocycles. The molecule has 3 rings (SSSR count). The Bertz CT molecular complexity index is 1070. The molecule has 0 unspecified atom stereocenters. The van der Waals surface area contributed by atoms with E-state index in [1.54, 1.807) is 48.5 Å². The molecule has 2 amide bonds. The Morgan fingerprint density at radius 2 is 1.67 bits per heavy atom. The number of hydrogen-bond acceptors (Lipinski definition) is 4. The number of rotatable bonds is 6. The molecule has 0 spiro atoms. The topological polar surface area (TPSA) is 79.8 Å². The molecule has 6 nitrogen and oxygen atoms in total. The highest BCUT2D eigenvalue weighted by atomic mass is 35.5. The third-order valence-corrected chi connectivity index (χ3v) is 4.33. The van der Waals surface area contributed by atoms with E-state index in [2.05, 4.69) is 15.8 Å². The van der Waals surface area contributed by atoms with Gasteiger partial charge in [0.1, 0.15) is 12.4 Å². The van der Waals surface area contributed by atoms with Gasteiger partial charge in [0.25, 0.3) is 0 Å². The molecule has 0 heterocycles. The summed E-state index contributed by atoms with van der Waals surface area (Å²) >= 11 is 11.7. The van der Waals surface area contributed by atoms with E-state index in [9.17, 15) is 9.59 Å². The zero-order chi connectivity index (χ0) is 21.3. The van der Waals surface area contributed by atoms with Gasteiger partial charge in [-0.15, -0.1) is 0 Å². The molecule has 8 heteroatoms. The summed E-state index contributed by atoms with van der Waals surface area (Å²) in [4.78, 5) is 23.8. The SMILES string of the molecule is O=C(N/N=C/c1cccc(OCc2ccc(Cl)cc2)c1)C(=O)Nc1cccc(Cl)c1. The van der Waals surface area contributed by atoms with E-state index < -0.39 is 11.8 Å². The van der Waals surface area contributed by atoms with Crippen LogP contribution < -0.4 is 15.5 Å². The molecule has 0 aliphatic rings. The second-order valence-corrected chi connectivity index (χ2v) is 7.02. The van der Waals surface area contributed by atoms with E-state index in [1.807, 2.05) is 18.2 Å². The largest absolute Gasteiger partial charge is 0.489 e. The van der Waals surface area contributed by atoms with E-state index >= 15 is 0 Å². The second kappa shape index (κ2) is 10.4. The fourth-order valence-corrected chi connectivity index (χ4v) is 2.72. The number of benzene rings is 3. The first-order valence-corrected chi connectivity index (χ1v) is 9.62. The number of hydrazone groups is 1. The first-order valence-electron chi connectivity index (χ1n) is 8.87. The minimum atomic E-state index is -0.902. The quantitative estimate of drug-likeness (QED) is 0.331. The average molecular weight is 442 g/mol. The van der Waals surface area contributed by atoms with Crippen molar-refractivity contribution >= 4 is 46.9 Å². The van der Waals surface area contributed by atoms with Crippen LogP contribution in [0.4, 0.5) is 5.69 Å². The molecule has 30 heavy (non-hydrogen) atoms. The summed E-state index contributed by atoms with van der Waals surface area (Å²) in [6.45, 7) is 0.387. The highest BCUT2D eigenvalue weighted by Crippen LogP contribution is 2.16. The van der Waals surface area contributed by atoms with Crippen LogP contribution >= 0.6 is 23.2 Å². The van der Waals surface area contributed by atoms with Gasteiger partial charge in [0.15, 0.2) is 0 Å². The maximum absolute atomic E-state index is 11.9. The van der Waals surface area contributed by atoms with Gasteiger partial charge in [-0.25, -0.2) is 5.43 Å². The minimum Gasteiger partial charge on any atom is -0.489 e. The van der Waals surface area contributed by atoms with Crippen molar-refractivity contribution < 1.29 is 14.3 Å². The predicted octanol–water partition coefficient (Wildman–Crippen LogP) is 4.66. The summed E-state index contributed by atoms with van der Waals surface area (Å²) < 4.78 is 5.75. The first-order chi connectivity index (χ1) is 14.5. The molecular formula is C22H17Cl2N3O3. The number of anilines is 1. The standard InChI is InChI=1S/C22H17Cl2N3O3/c23-17-9-7-15(8-10-17)14-30-20-6-1-3-16(11-20)13-25-27-22(29)21(28)26-19-5-2-4-18(24)12-19/h1-13H,14H2,(H,26,28)(H,27,29)/b25-13+. The molecule has 2 N–H and O–H groups in total. The Morgan fingerprint density at radius 1 is 0.900 bits per heavy atom. The average Bonchev–Trinajstić information content (AvgIpc) is 2.73. The molecule has 0 radical (unpaired) electrons. The van der Waals surface area contributed by atoms with Gasteiger partial charge < -0.3 is 10.1 Å². The zero-order valence-electron chi connectivity index (χ0n) is 15.6. The number of nitrogens with one attached hydrogen (secondary N) is 2. The summed E-state index contributed by atoms with van der Waals surface area (Å²) in [7, 11) is 0. The Balaban J connectivity index is 1.51. The van der Waals surface area contributed by atoms with Crippen LogP contribution in [0.5, 0.6) is 5.75 Å². The van der Waals surface area contributed by atoms with Gasteiger partial charge in [-0.1, -0.05) is 53.5 Å². The van der Waals surface area contributed by atoms with Crippen LogP contribution in [0.15, 0.2) is 77.9 Å².